The van der Waals surface area contributed by atoms with Crippen LogP contribution < -0.4 is 10.6 Å². The number of aromatic nitrogens is 10. The molecule has 17 heteroatoms. The third kappa shape index (κ3) is 6.51. The molecule has 1 fully saturated rings. The molecule has 46 heavy (non-hydrogen) atoms. The molecule has 0 unspecified atom stereocenters. The lowest BCUT2D eigenvalue weighted by molar-refractivity contribution is -0.142. The van der Waals surface area contributed by atoms with Crippen LogP contribution in [0.5, 0.6) is 0 Å². The van der Waals surface area contributed by atoms with E-state index < -0.39 is 24.5 Å². The molecular weight excluding hydrogens is 596 g/mol. The number of nitrogens with zero attached hydrogens (tertiary/aromatic N) is 10. The Labute approximate surface area is 263 Å². The molecule has 4 aromatic heterocycles. The van der Waals surface area contributed by atoms with Crippen molar-refractivity contribution in [2.45, 2.75) is 63.3 Å². The first-order valence-corrected chi connectivity index (χ1v) is 14.9. The number of carbonyl (C=O) groups is 1. The second kappa shape index (κ2) is 13.6. The summed E-state index contributed by atoms with van der Waals surface area (Å²) >= 11 is 0. The fourth-order valence-electron chi connectivity index (χ4n) is 5.30. The van der Waals surface area contributed by atoms with Crippen molar-refractivity contribution in [3.05, 3.63) is 66.3 Å². The first kappa shape index (κ1) is 31.0. The molecule has 4 N–H and O–H groups in total. The fraction of sp³-hybridized carbons (Fsp3) is 0.448. The van der Waals surface area contributed by atoms with Gasteiger partial charge < -0.3 is 34.9 Å². The molecule has 17 nitrogen and oxygen atoms in total. The molecule has 5 heterocycles. The van der Waals surface area contributed by atoms with Crippen LogP contribution in [0, 0.1) is 0 Å². The van der Waals surface area contributed by atoms with Crippen LogP contribution in [0.25, 0.3) is 11.2 Å². The van der Waals surface area contributed by atoms with Gasteiger partial charge in [0.05, 0.1) is 37.0 Å². The lowest BCUT2D eigenvalue weighted by Crippen LogP contribution is -2.32. The van der Waals surface area contributed by atoms with Crippen molar-refractivity contribution in [3.63, 3.8) is 0 Å². The van der Waals surface area contributed by atoms with Gasteiger partial charge in [0.25, 0.3) is 6.47 Å². The van der Waals surface area contributed by atoms with E-state index in [0.717, 1.165) is 11.3 Å². The summed E-state index contributed by atoms with van der Waals surface area (Å²) in [6.45, 7) is 4.36. The van der Waals surface area contributed by atoms with Crippen molar-refractivity contribution >= 4 is 29.4 Å². The predicted molar refractivity (Wildman–Crippen MR) is 163 cm³/mol. The van der Waals surface area contributed by atoms with Crippen molar-refractivity contribution in [1.82, 2.24) is 49.3 Å². The zero-order valence-corrected chi connectivity index (χ0v) is 25.6. The molecule has 1 aromatic carbocycles. The number of rotatable bonds is 14. The second-order valence-electron chi connectivity index (χ2n) is 11.3. The number of carbonyl (C=O) groups excluding carboxylic acids is 1. The zero-order chi connectivity index (χ0) is 32.2. The molecule has 1 aliphatic rings. The van der Waals surface area contributed by atoms with E-state index in [9.17, 15) is 15.0 Å². The Hall–Kier alpha value is -5.00. The van der Waals surface area contributed by atoms with E-state index in [0.29, 0.717) is 36.4 Å². The summed E-state index contributed by atoms with van der Waals surface area (Å²) in [5, 5.41) is 40.5. The number of tetrazole rings is 1. The molecule has 0 bridgehead atoms. The summed E-state index contributed by atoms with van der Waals surface area (Å²) < 4.78 is 15.0. The van der Waals surface area contributed by atoms with Crippen LogP contribution in [0.1, 0.15) is 49.3 Å². The molecule has 1 saturated heterocycles. The van der Waals surface area contributed by atoms with Gasteiger partial charge >= 0.3 is 0 Å². The molecule has 0 spiro atoms. The molecule has 0 aliphatic carbocycles. The first-order valence-electron chi connectivity index (χ1n) is 14.9. The highest BCUT2D eigenvalue weighted by Gasteiger charge is 2.49. The number of ether oxygens (including phenoxy) is 2. The summed E-state index contributed by atoms with van der Waals surface area (Å²) in [4.78, 5) is 31.3. The van der Waals surface area contributed by atoms with Gasteiger partial charge in [0.15, 0.2) is 35.4 Å². The number of benzene rings is 1. The summed E-state index contributed by atoms with van der Waals surface area (Å²) in [5.41, 5.74) is 2.66. The topological polar surface area (TPSA) is 205 Å². The van der Waals surface area contributed by atoms with Gasteiger partial charge in [-0.15, -0.1) is 10.2 Å². The summed E-state index contributed by atoms with van der Waals surface area (Å²) in [5.74, 6) is 0.810. The normalized spacial score (nSPS) is 20.3. The van der Waals surface area contributed by atoms with E-state index in [2.05, 4.69) is 36.0 Å². The van der Waals surface area contributed by atoms with Crippen LogP contribution in [0.2, 0.25) is 0 Å². The maximum atomic E-state index is 11.5. The van der Waals surface area contributed by atoms with Crippen LogP contribution in [-0.2, 0) is 34.2 Å². The van der Waals surface area contributed by atoms with Crippen LogP contribution >= 0.6 is 0 Å². The minimum Gasteiger partial charge on any atom is -0.457 e. The molecule has 0 saturated carbocycles. The Morgan fingerprint density at radius 3 is 2.67 bits per heavy atom. The minimum absolute atomic E-state index is 0.0638. The number of imidazole rings is 2. The molecule has 0 amide bonds. The van der Waals surface area contributed by atoms with E-state index >= 15 is 0 Å². The highest BCUT2D eigenvalue weighted by molar-refractivity contribution is 5.84. The van der Waals surface area contributed by atoms with Crippen molar-refractivity contribution in [3.8, 4) is 0 Å². The van der Waals surface area contributed by atoms with Crippen LogP contribution in [0.15, 0.2) is 49.2 Å². The molecule has 242 valence electrons. The van der Waals surface area contributed by atoms with E-state index in [1.165, 1.54) is 11.1 Å². The number of aliphatic hydroxyl groups is 2. The highest BCUT2D eigenvalue weighted by Crippen LogP contribution is 2.40. The standard InChI is InChI=1S/C29H36N12O5/c1-17(2)41-37-26(36-38-41)23-22(44)24(45-16-43)28(46-23)40-15-32-21-25(33-20(13-42)11-18-7-5-4-6-8-18)34-29(35-27(21)40)30-10-9-19-12-39(3)14-31-19/h4-8,12,14-17,20,22-24,28,42,44H,9-11,13H2,1-3H3,(H2,30,33,34,35)/t20-,22+,23-,24+,28+/m0/s1. The largest absolute Gasteiger partial charge is 0.457 e. The monoisotopic (exact) mass is 632 g/mol. The molecule has 5 atom stereocenters. The first-order chi connectivity index (χ1) is 22.3. The Morgan fingerprint density at radius 1 is 1.15 bits per heavy atom. The summed E-state index contributed by atoms with van der Waals surface area (Å²) in [6.07, 6.45) is 1.78. The van der Waals surface area contributed by atoms with Crippen molar-refractivity contribution in [1.29, 1.82) is 0 Å². The lowest BCUT2D eigenvalue weighted by atomic mass is 10.1. The summed E-state index contributed by atoms with van der Waals surface area (Å²) in [6, 6.07) is 9.34. The van der Waals surface area contributed by atoms with Gasteiger partial charge in [-0.2, -0.15) is 14.8 Å². The Morgan fingerprint density at radius 2 is 1.98 bits per heavy atom. The van der Waals surface area contributed by atoms with Crippen molar-refractivity contribution in [2.75, 3.05) is 23.8 Å². The Bertz CT molecular complexity index is 1760. The smallest absolute Gasteiger partial charge is 0.293 e. The van der Waals surface area contributed by atoms with Crippen LogP contribution in [-0.4, -0.2) is 97.4 Å². The maximum Gasteiger partial charge on any atom is 0.293 e. The summed E-state index contributed by atoms with van der Waals surface area (Å²) in [7, 11) is 1.91. The molecule has 6 rings (SSSR count). The van der Waals surface area contributed by atoms with E-state index in [1.807, 2.05) is 62.0 Å². The maximum absolute atomic E-state index is 11.5. The van der Waals surface area contributed by atoms with Gasteiger partial charge in [0.2, 0.25) is 11.8 Å². The van der Waals surface area contributed by atoms with Crippen LogP contribution in [0.4, 0.5) is 11.8 Å². The quantitative estimate of drug-likeness (QED) is 0.126. The average molecular weight is 633 g/mol. The van der Waals surface area contributed by atoms with Gasteiger partial charge in [-0.25, -0.2) is 9.97 Å². The fourth-order valence-corrected chi connectivity index (χ4v) is 5.30. The van der Waals surface area contributed by atoms with Gasteiger partial charge in [-0.3, -0.25) is 9.36 Å². The molecular formula is C29H36N12O5. The minimum atomic E-state index is -1.31. The molecule has 5 aromatic rings. The number of aliphatic hydroxyl groups excluding tert-OH is 2. The van der Waals surface area contributed by atoms with Gasteiger partial charge in [0.1, 0.15) is 6.10 Å². The van der Waals surface area contributed by atoms with Crippen molar-refractivity contribution in [2.24, 2.45) is 7.05 Å². The van der Waals surface area contributed by atoms with Gasteiger partial charge in [-0.1, -0.05) is 30.3 Å². The second-order valence-corrected chi connectivity index (χ2v) is 11.3. The molecule has 0 radical (unpaired) electrons. The van der Waals surface area contributed by atoms with E-state index in [4.69, 9.17) is 19.4 Å². The third-order valence-electron chi connectivity index (χ3n) is 7.59. The number of nitrogens with one attached hydrogen (secondary N) is 2. The van der Waals surface area contributed by atoms with Crippen LogP contribution in [0.3, 0.4) is 0 Å². The highest BCUT2D eigenvalue weighted by atomic mass is 16.6. The van der Waals surface area contributed by atoms with Crippen molar-refractivity contribution < 1.29 is 24.5 Å². The van der Waals surface area contributed by atoms with E-state index in [-0.39, 0.29) is 36.9 Å². The molecule has 1 aliphatic heterocycles. The number of anilines is 2. The number of hydrogen-bond acceptors (Lipinski definition) is 14. The predicted octanol–water partition coefficient (Wildman–Crippen LogP) is 0.970. The Balaban J connectivity index is 1.34. The lowest BCUT2D eigenvalue weighted by Gasteiger charge is -2.20. The van der Waals surface area contributed by atoms with E-state index in [1.54, 1.807) is 10.9 Å². The number of fused-ring (bicyclic) bond motifs is 1. The van der Waals surface area contributed by atoms with Gasteiger partial charge in [-0.05, 0) is 31.0 Å². The Kier molecular flexibility index (Phi) is 9.13. The zero-order valence-electron chi connectivity index (χ0n) is 25.6. The average Bonchev–Trinajstić information content (AvgIpc) is 3.85. The third-order valence-corrected chi connectivity index (χ3v) is 7.59. The number of hydrogen-bond donors (Lipinski definition) is 4. The number of aryl methyl sites for hydroxylation is 1. The SMILES string of the molecule is CC(C)n1nnc([C@H]2O[C@@H](n3cnc4c(N[C@H](CO)Cc5ccccc5)nc(NCCc5cn(C)cn5)nc43)[C@H](OC=O)[C@@H]2O)n1. The van der Waals surface area contributed by atoms with Gasteiger partial charge in [0, 0.05) is 26.2 Å².